The number of anilines is 1. The highest BCUT2D eigenvalue weighted by atomic mass is 35.5. The highest BCUT2D eigenvalue weighted by molar-refractivity contribution is 7.15. The number of fused-ring (bicyclic) bond motifs is 1. The number of amides is 1. The molecule has 0 radical (unpaired) electrons. The molecule has 0 spiro atoms. The Hall–Kier alpha value is -2.33. The van der Waals surface area contributed by atoms with Crippen LogP contribution < -0.4 is 4.90 Å². The van der Waals surface area contributed by atoms with Crippen molar-refractivity contribution >= 4 is 39.6 Å². The molecule has 0 atom stereocenters. The summed E-state index contributed by atoms with van der Waals surface area (Å²) in [5.74, 6) is 0.271. The number of aromatic nitrogens is 3. The van der Waals surface area contributed by atoms with Crippen molar-refractivity contribution in [3.8, 4) is 0 Å². The van der Waals surface area contributed by atoms with E-state index in [-0.39, 0.29) is 17.4 Å². The summed E-state index contributed by atoms with van der Waals surface area (Å²) >= 11 is 7.51. The Balaban J connectivity index is 1.37. The van der Waals surface area contributed by atoms with Crippen molar-refractivity contribution in [1.82, 2.24) is 19.3 Å². The first kappa shape index (κ1) is 19.0. The minimum absolute atomic E-state index is 0.0307. The molecule has 1 aliphatic rings. The number of halogens is 4. The second-order valence-electron chi connectivity index (χ2n) is 6.40. The zero-order valence-corrected chi connectivity index (χ0v) is 16.1. The summed E-state index contributed by atoms with van der Waals surface area (Å²) in [6.07, 6.45) is 0.241. The Kier molecular flexibility index (Phi) is 4.92. The van der Waals surface area contributed by atoms with Gasteiger partial charge >= 0.3 is 6.18 Å². The molecule has 28 heavy (non-hydrogen) atoms. The summed E-state index contributed by atoms with van der Waals surface area (Å²) in [5.41, 5.74) is -0.165. The molecular formula is C17H15ClF3N5OS. The quantitative estimate of drug-likeness (QED) is 0.640. The maximum atomic E-state index is 12.7. The van der Waals surface area contributed by atoms with Crippen LogP contribution >= 0.6 is 22.9 Å². The molecule has 11 heteroatoms. The van der Waals surface area contributed by atoms with E-state index in [1.807, 2.05) is 22.2 Å². The first-order chi connectivity index (χ1) is 13.3. The summed E-state index contributed by atoms with van der Waals surface area (Å²) < 4.78 is 40.1. The zero-order valence-electron chi connectivity index (χ0n) is 14.5. The van der Waals surface area contributed by atoms with Crippen LogP contribution in [0.25, 0.3) is 4.96 Å². The molecule has 3 aromatic heterocycles. The first-order valence-electron chi connectivity index (χ1n) is 8.48. The van der Waals surface area contributed by atoms with E-state index in [1.54, 1.807) is 9.80 Å². The molecule has 0 unspecified atom stereocenters. The lowest BCUT2D eigenvalue weighted by atomic mass is 10.2. The number of imidazole rings is 1. The minimum Gasteiger partial charge on any atom is -0.352 e. The summed E-state index contributed by atoms with van der Waals surface area (Å²) in [5, 5.41) is 1.88. The van der Waals surface area contributed by atoms with Crippen molar-refractivity contribution in [3.05, 3.63) is 46.3 Å². The van der Waals surface area contributed by atoms with E-state index in [1.165, 1.54) is 11.3 Å². The van der Waals surface area contributed by atoms with Gasteiger partial charge in [0.05, 0.1) is 22.7 Å². The Morgan fingerprint density at radius 2 is 2.00 bits per heavy atom. The molecule has 1 fully saturated rings. The van der Waals surface area contributed by atoms with E-state index in [9.17, 15) is 18.0 Å². The normalized spacial score (nSPS) is 15.4. The van der Waals surface area contributed by atoms with Gasteiger partial charge in [0.2, 0.25) is 5.91 Å². The van der Waals surface area contributed by atoms with Gasteiger partial charge in [0.1, 0.15) is 5.82 Å². The van der Waals surface area contributed by atoms with E-state index in [4.69, 9.17) is 11.6 Å². The van der Waals surface area contributed by atoms with Crippen LogP contribution in [0.5, 0.6) is 0 Å². The molecule has 4 rings (SSSR count). The summed E-state index contributed by atoms with van der Waals surface area (Å²) in [6, 6.07) is 0.881. The van der Waals surface area contributed by atoms with E-state index in [0.717, 1.165) is 17.2 Å². The van der Waals surface area contributed by atoms with E-state index in [2.05, 4.69) is 9.97 Å². The van der Waals surface area contributed by atoms with Gasteiger partial charge in [-0.05, 0) is 6.07 Å². The highest BCUT2D eigenvalue weighted by Gasteiger charge is 2.32. The fraction of sp³-hybridized carbons (Fsp3) is 0.353. The molecule has 1 aliphatic heterocycles. The Bertz CT molecular complexity index is 981. The predicted molar refractivity (Wildman–Crippen MR) is 99.8 cm³/mol. The minimum atomic E-state index is -4.48. The van der Waals surface area contributed by atoms with E-state index >= 15 is 0 Å². The molecule has 1 amide bonds. The van der Waals surface area contributed by atoms with Crippen LogP contribution in [-0.4, -0.2) is 51.4 Å². The Morgan fingerprint density at radius 3 is 2.64 bits per heavy atom. The number of nitrogens with zero attached hydrogens (tertiary/aromatic N) is 5. The van der Waals surface area contributed by atoms with Crippen molar-refractivity contribution in [1.29, 1.82) is 0 Å². The lowest BCUT2D eigenvalue weighted by Gasteiger charge is -2.35. The SMILES string of the molecule is O=C(Cc1cn2ccsc2n1)N1CCN(c2ncc(C(F)(F)F)cc2Cl)CC1. The third-order valence-electron chi connectivity index (χ3n) is 4.56. The van der Waals surface area contributed by atoms with Gasteiger partial charge in [-0.3, -0.25) is 9.20 Å². The Morgan fingerprint density at radius 1 is 1.25 bits per heavy atom. The summed E-state index contributed by atoms with van der Waals surface area (Å²) in [4.78, 5) is 25.2. The third-order valence-corrected chi connectivity index (χ3v) is 5.61. The Labute approximate surface area is 167 Å². The molecule has 148 valence electrons. The van der Waals surface area contributed by atoms with Crippen LogP contribution in [0.3, 0.4) is 0 Å². The number of pyridine rings is 1. The molecule has 0 saturated carbocycles. The largest absolute Gasteiger partial charge is 0.417 e. The number of hydrogen-bond donors (Lipinski definition) is 0. The van der Waals surface area contributed by atoms with Crippen molar-refractivity contribution < 1.29 is 18.0 Å². The van der Waals surface area contributed by atoms with Gasteiger partial charge in [-0.25, -0.2) is 9.97 Å². The maximum Gasteiger partial charge on any atom is 0.417 e. The molecule has 3 aromatic rings. The van der Waals surface area contributed by atoms with Crippen LogP contribution in [0.2, 0.25) is 5.02 Å². The summed E-state index contributed by atoms with van der Waals surface area (Å²) in [6.45, 7) is 1.78. The number of rotatable bonds is 3. The molecular weight excluding hydrogens is 415 g/mol. The van der Waals surface area contributed by atoms with E-state index in [0.29, 0.717) is 37.7 Å². The lowest BCUT2D eigenvalue weighted by molar-refractivity contribution is -0.137. The van der Waals surface area contributed by atoms with Crippen LogP contribution in [0.15, 0.2) is 30.0 Å². The predicted octanol–water partition coefficient (Wildman–Crippen LogP) is 3.35. The average Bonchev–Trinajstić information content (AvgIpc) is 3.22. The molecule has 0 aliphatic carbocycles. The fourth-order valence-corrected chi connectivity index (χ4v) is 4.12. The second kappa shape index (κ2) is 7.25. The number of thiazole rings is 1. The zero-order chi connectivity index (χ0) is 19.9. The fourth-order valence-electron chi connectivity index (χ4n) is 3.11. The number of hydrogen-bond acceptors (Lipinski definition) is 5. The molecule has 1 saturated heterocycles. The van der Waals surface area contributed by atoms with Gasteiger partial charge in [-0.2, -0.15) is 13.2 Å². The molecule has 0 bridgehead atoms. The van der Waals surface area contributed by atoms with E-state index < -0.39 is 11.7 Å². The van der Waals surface area contributed by atoms with Crippen molar-refractivity contribution in [2.75, 3.05) is 31.1 Å². The number of alkyl halides is 3. The molecule has 0 N–H and O–H groups in total. The van der Waals surface area contributed by atoms with Gasteiger partial charge in [0.15, 0.2) is 4.96 Å². The molecule has 6 nitrogen and oxygen atoms in total. The maximum absolute atomic E-state index is 12.7. The highest BCUT2D eigenvalue weighted by Crippen LogP contribution is 2.33. The lowest BCUT2D eigenvalue weighted by Crippen LogP contribution is -2.49. The summed E-state index contributed by atoms with van der Waals surface area (Å²) in [7, 11) is 0. The standard InChI is InChI=1S/C17H15ClF3N5OS/c18-13-7-11(17(19,20)21)9-22-15(13)25-3-1-24(2-4-25)14(27)8-12-10-26-5-6-28-16(26)23-12/h5-7,9-10H,1-4,8H2. The average molecular weight is 430 g/mol. The third kappa shape index (κ3) is 3.79. The number of piperazine rings is 1. The number of carbonyl (C=O) groups is 1. The molecule has 0 aromatic carbocycles. The van der Waals surface area contributed by atoms with Gasteiger partial charge in [0, 0.05) is 50.1 Å². The smallest absolute Gasteiger partial charge is 0.352 e. The van der Waals surface area contributed by atoms with Gasteiger partial charge in [-0.15, -0.1) is 11.3 Å². The van der Waals surface area contributed by atoms with Gasteiger partial charge in [0.25, 0.3) is 0 Å². The second-order valence-corrected chi connectivity index (χ2v) is 7.68. The monoisotopic (exact) mass is 429 g/mol. The van der Waals surface area contributed by atoms with Crippen LogP contribution in [0, 0.1) is 0 Å². The van der Waals surface area contributed by atoms with Crippen molar-refractivity contribution in [3.63, 3.8) is 0 Å². The van der Waals surface area contributed by atoms with Crippen molar-refractivity contribution in [2.45, 2.75) is 12.6 Å². The van der Waals surface area contributed by atoms with Crippen LogP contribution in [0.4, 0.5) is 19.0 Å². The van der Waals surface area contributed by atoms with Crippen LogP contribution in [-0.2, 0) is 17.4 Å². The molecule has 4 heterocycles. The first-order valence-corrected chi connectivity index (χ1v) is 9.73. The van der Waals surface area contributed by atoms with Crippen molar-refractivity contribution in [2.24, 2.45) is 0 Å². The van der Waals surface area contributed by atoms with Gasteiger partial charge < -0.3 is 9.80 Å². The van der Waals surface area contributed by atoms with Gasteiger partial charge in [-0.1, -0.05) is 11.6 Å². The topological polar surface area (TPSA) is 53.7 Å². The number of carbonyl (C=O) groups excluding carboxylic acids is 1. The van der Waals surface area contributed by atoms with Crippen LogP contribution in [0.1, 0.15) is 11.3 Å².